The fourth-order valence-electron chi connectivity index (χ4n) is 2.13. The van der Waals surface area contributed by atoms with Gasteiger partial charge in [0.05, 0.1) is 11.7 Å². The summed E-state index contributed by atoms with van der Waals surface area (Å²) in [6, 6.07) is 4.83. The molecule has 0 spiro atoms. The van der Waals surface area contributed by atoms with Crippen LogP contribution in [0, 0.1) is 0 Å². The van der Waals surface area contributed by atoms with Crippen molar-refractivity contribution in [1.82, 2.24) is 5.32 Å². The van der Waals surface area contributed by atoms with Crippen LogP contribution in [-0.4, -0.2) is 17.2 Å². The average molecular weight is 289 g/mol. The fourth-order valence-corrected chi connectivity index (χ4v) is 2.13. The van der Waals surface area contributed by atoms with Crippen molar-refractivity contribution in [3.63, 3.8) is 0 Å². The summed E-state index contributed by atoms with van der Waals surface area (Å²) in [6.45, 7) is 6.31. The van der Waals surface area contributed by atoms with Crippen molar-refractivity contribution in [3.8, 4) is 0 Å². The first-order chi connectivity index (χ1) is 9.15. The molecular weight excluding hydrogens is 267 g/mol. The minimum absolute atomic E-state index is 0.142. The van der Waals surface area contributed by atoms with Crippen LogP contribution < -0.4 is 5.32 Å². The summed E-state index contributed by atoms with van der Waals surface area (Å²) >= 11 is 0. The van der Waals surface area contributed by atoms with Crippen LogP contribution in [0.1, 0.15) is 50.8 Å². The number of alkyl halides is 3. The number of aliphatic hydroxyl groups excluding tert-OH is 1. The Morgan fingerprint density at radius 3 is 2.45 bits per heavy atom. The van der Waals surface area contributed by atoms with E-state index in [1.807, 2.05) is 13.8 Å². The van der Waals surface area contributed by atoms with Crippen LogP contribution in [0.15, 0.2) is 24.3 Å². The topological polar surface area (TPSA) is 32.3 Å². The second-order valence-corrected chi connectivity index (χ2v) is 5.65. The molecule has 0 heterocycles. The van der Waals surface area contributed by atoms with Gasteiger partial charge in [-0.3, -0.25) is 0 Å². The highest BCUT2D eigenvalue weighted by molar-refractivity contribution is 5.27. The van der Waals surface area contributed by atoms with Gasteiger partial charge in [0.2, 0.25) is 0 Å². The first kappa shape index (κ1) is 17.0. The predicted molar refractivity (Wildman–Crippen MR) is 73.4 cm³/mol. The molecule has 0 saturated heterocycles. The van der Waals surface area contributed by atoms with Gasteiger partial charge in [0.15, 0.2) is 0 Å². The number of hydrogen-bond acceptors (Lipinski definition) is 2. The van der Waals surface area contributed by atoms with Gasteiger partial charge in [0.1, 0.15) is 0 Å². The molecule has 1 atom stereocenters. The highest BCUT2D eigenvalue weighted by Crippen LogP contribution is 2.30. The molecule has 0 radical (unpaired) electrons. The maximum atomic E-state index is 12.6. The molecule has 0 saturated carbocycles. The number of rotatable bonds is 6. The van der Waals surface area contributed by atoms with E-state index in [2.05, 4.69) is 12.2 Å². The van der Waals surface area contributed by atoms with E-state index >= 15 is 0 Å². The monoisotopic (exact) mass is 289 g/mol. The molecule has 1 aromatic carbocycles. The van der Waals surface area contributed by atoms with E-state index in [4.69, 9.17) is 0 Å². The number of β-amino-alcohol motifs (C(OH)–C–C–N with tert-alkyl or cyclic N) is 1. The van der Waals surface area contributed by atoms with Crippen molar-refractivity contribution >= 4 is 0 Å². The number of nitrogens with one attached hydrogen (secondary N) is 1. The quantitative estimate of drug-likeness (QED) is 0.832. The molecule has 2 nitrogen and oxygen atoms in total. The lowest BCUT2D eigenvalue weighted by atomic mass is 9.98. The zero-order valence-electron chi connectivity index (χ0n) is 12.1. The summed E-state index contributed by atoms with van der Waals surface area (Å²) in [5, 5.41) is 13.2. The van der Waals surface area contributed by atoms with E-state index in [9.17, 15) is 18.3 Å². The van der Waals surface area contributed by atoms with Crippen molar-refractivity contribution in [3.05, 3.63) is 35.4 Å². The maximum Gasteiger partial charge on any atom is 0.416 e. The van der Waals surface area contributed by atoms with Crippen molar-refractivity contribution in [2.24, 2.45) is 0 Å². The molecule has 2 N–H and O–H groups in total. The number of halogens is 3. The lowest BCUT2D eigenvalue weighted by Gasteiger charge is -2.27. The molecule has 0 aromatic heterocycles. The molecule has 0 bridgehead atoms. The van der Waals surface area contributed by atoms with Crippen molar-refractivity contribution in [2.45, 2.75) is 51.4 Å². The van der Waals surface area contributed by atoms with Gasteiger partial charge in [-0.05, 0) is 38.0 Å². The first-order valence-corrected chi connectivity index (χ1v) is 6.76. The Hall–Kier alpha value is -1.07. The molecule has 0 amide bonds. The maximum absolute atomic E-state index is 12.6. The standard InChI is InChI=1S/C15H22F3NO/c1-4-8-14(2,3)19-10-13(20)11-6-5-7-12(9-11)15(16,17)18/h5-7,9,13,19-20H,4,8,10H2,1-3H3. The van der Waals surface area contributed by atoms with Gasteiger partial charge in [-0.15, -0.1) is 0 Å². The Kier molecular flexibility index (Phi) is 5.59. The summed E-state index contributed by atoms with van der Waals surface area (Å²) in [6.07, 6.45) is -3.40. The Balaban J connectivity index is 2.71. The van der Waals surface area contributed by atoms with E-state index in [0.29, 0.717) is 0 Å². The van der Waals surface area contributed by atoms with Gasteiger partial charge in [-0.2, -0.15) is 13.2 Å². The third kappa shape index (κ3) is 5.13. The zero-order valence-corrected chi connectivity index (χ0v) is 12.1. The summed E-state index contributed by atoms with van der Waals surface area (Å²) in [5.74, 6) is 0. The molecule has 0 aliphatic carbocycles. The molecular formula is C15H22F3NO. The molecule has 0 fully saturated rings. The number of benzene rings is 1. The SMILES string of the molecule is CCCC(C)(C)NCC(O)c1cccc(C(F)(F)F)c1. The van der Waals surface area contributed by atoms with Crippen molar-refractivity contribution in [2.75, 3.05) is 6.54 Å². The van der Waals surface area contributed by atoms with Gasteiger partial charge < -0.3 is 10.4 Å². The molecule has 1 aromatic rings. The average Bonchev–Trinajstić information content (AvgIpc) is 2.35. The van der Waals surface area contributed by atoms with Crippen molar-refractivity contribution < 1.29 is 18.3 Å². The van der Waals surface area contributed by atoms with Gasteiger partial charge in [0, 0.05) is 12.1 Å². The normalized spacial score (nSPS) is 14.3. The van der Waals surface area contributed by atoms with Crippen LogP contribution in [0.4, 0.5) is 13.2 Å². The molecule has 1 rings (SSSR count). The van der Waals surface area contributed by atoms with Crippen LogP contribution in [0.2, 0.25) is 0 Å². The van der Waals surface area contributed by atoms with Gasteiger partial charge in [0.25, 0.3) is 0 Å². The number of aliphatic hydroxyl groups is 1. The Morgan fingerprint density at radius 2 is 1.90 bits per heavy atom. The Morgan fingerprint density at radius 1 is 1.25 bits per heavy atom. The van der Waals surface area contributed by atoms with Crippen LogP contribution in [0.5, 0.6) is 0 Å². The largest absolute Gasteiger partial charge is 0.416 e. The van der Waals surface area contributed by atoms with E-state index in [0.717, 1.165) is 25.0 Å². The van der Waals surface area contributed by atoms with E-state index in [-0.39, 0.29) is 17.6 Å². The summed E-state index contributed by atoms with van der Waals surface area (Å²) in [4.78, 5) is 0. The lowest BCUT2D eigenvalue weighted by molar-refractivity contribution is -0.137. The lowest BCUT2D eigenvalue weighted by Crippen LogP contribution is -2.41. The smallest absolute Gasteiger partial charge is 0.387 e. The molecule has 1 unspecified atom stereocenters. The highest BCUT2D eigenvalue weighted by atomic mass is 19.4. The third-order valence-electron chi connectivity index (χ3n) is 3.25. The Labute approximate surface area is 118 Å². The van der Waals surface area contributed by atoms with Gasteiger partial charge >= 0.3 is 6.18 Å². The predicted octanol–water partition coefficient (Wildman–Crippen LogP) is 3.91. The number of hydrogen-bond donors (Lipinski definition) is 2. The van der Waals surface area contributed by atoms with Crippen molar-refractivity contribution in [1.29, 1.82) is 0 Å². The van der Waals surface area contributed by atoms with Gasteiger partial charge in [-0.25, -0.2) is 0 Å². The summed E-state index contributed by atoms with van der Waals surface area (Å²) < 4.78 is 37.8. The molecule has 0 aliphatic heterocycles. The van der Waals surface area contributed by atoms with Crippen LogP contribution in [0.25, 0.3) is 0 Å². The van der Waals surface area contributed by atoms with Gasteiger partial charge in [-0.1, -0.05) is 25.5 Å². The van der Waals surface area contributed by atoms with E-state index < -0.39 is 17.8 Å². The molecule has 114 valence electrons. The summed E-state index contributed by atoms with van der Waals surface area (Å²) in [7, 11) is 0. The second-order valence-electron chi connectivity index (χ2n) is 5.65. The molecule has 20 heavy (non-hydrogen) atoms. The van der Waals surface area contributed by atoms with Crippen LogP contribution in [-0.2, 0) is 6.18 Å². The summed E-state index contributed by atoms with van der Waals surface area (Å²) in [5.41, 5.74) is -0.598. The minimum atomic E-state index is -4.38. The third-order valence-corrected chi connectivity index (χ3v) is 3.25. The minimum Gasteiger partial charge on any atom is -0.387 e. The van der Waals surface area contributed by atoms with Crippen LogP contribution in [0.3, 0.4) is 0 Å². The van der Waals surface area contributed by atoms with Crippen LogP contribution >= 0.6 is 0 Å². The fraction of sp³-hybridized carbons (Fsp3) is 0.600. The molecule has 5 heteroatoms. The second kappa shape index (κ2) is 6.59. The Bertz CT molecular complexity index is 429. The molecule has 0 aliphatic rings. The zero-order chi connectivity index (χ0) is 15.4. The highest BCUT2D eigenvalue weighted by Gasteiger charge is 2.31. The first-order valence-electron chi connectivity index (χ1n) is 6.76. The van der Waals surface area contributed by atoms with E-state index in [1.54, 1.807) is 0 Å². The van der Waals surface area contributed by atoms with E-state index in [1.165, 1.54) is 12.1 Å².